The molecule has 0 amide bonds. The fourth-order valence-corrected chi connectivity index (χ4v) is 0.0830. The smallest absolute Gasteiger partial charge is 0.179 e. The Morgan fingerprint density at radius 3 is 2.00 bits per heavy atom. The predicted molar refractivity (Wildman–Crippen MR) is 30.4 cm³/mol. The SMILES string of the molecule is C[NH+]([O-])C(C)(C)C=O. The lowest BCUT2D eigenvalue weighted by Crippen LogP contribution is -3.12. The van der Waals surface area contributed by atoms with Gasteiger partial charge >= 0.3 is 0 Å². The number of hydrogen-bond acceptors (Lipinski definition) is 2. The van der Waals surface area contributed by atoms with E-state index in [1.54, 1.807) is 13.8 Å². The van der Waals surface area contributed by atoms with Crippen LogP contribution < -0.4 is 5.06 Å². The summed E-state index contributed by atoms with van der Waals surface area (Å²) in [5, 5.41) is 10.4. The lowest BCUT2D eigenvalue weighted by atomic mass is 10.1. The first-order valence-corrected chi connectivity index (χ1v) is 2.48. The Labute approximate surface area is 48.9 Å². The third-order valence-electron chi connectivity index (χ3n) is 1.20. The van der Waals surface area contributed by atoms with Crippen molar-refractivity contribution in [3.05, 3.63) is 5.21 Å². The molecule has 0 aromatic rings. The number of nitrogens with one attached hydrogen (secondary N) is 1. The lowest BCUT2D eigenvalue weighted by Gasteiger charge is -2.29. The van der Waals surface area contributed by atoms with Crippen LogP contribution >= 0.6 is 0 Å². The first kappa shape index (κ1) is 7.59. The summed E-state index contributed by atoms with van der Waals surface area (Å²) >= 11 is 0. The van der Waals surface area contributed by atoms with Crippen molar-refractivity contribution in [2.75, 3.05) is 7.05 Å². The maximum atomic E-state index is 10.5. The Kier molecular flexibility index (Phi) is 2.12. The second kappa shape index (κ2) is 2.24. The van der Waals surface area contributed by atoms with Crippen LogP contribution in [0, 0.1) is 5.21 Å². The quantitative estimate of drug-likeness (QED) is 0.371. The van der Waals surface area contributed by atoms with Crippen LogP contribution in [0.5, 0.6) is 0 Å². The summed E-state index contributed by atoms with van der Waals surface area (Å²) in [6.45, 7) is 3.20. The molecule has 0 saturated heterocycles. The molecule has 0 saturated carbocycles. The van der Waals surface area contributed by atoms with Crippen molar-refractivity contribution >= 4 is 6.29 Å². The van der Waals surface area contributed by atoms with Gasteiger partial charge in [0.25, 0.3) is 0 Å². The van der Waals surface area contributed by atoms with Gasteiger partial charge in [0.1, 0.15) is 5.54 Å². The highest BCUT2D eigenvalue weighted by atomic mass is 16.5. The van der Waals surface area contributed by atoms with Crippen LogP contribution in [0.3, 0.4) is 0 Å². The Bertz CT molecular complexity index is 88.4. The van der Waals surface area contributed by atoms with E-state index in [2.05, 4.69) is 0 Å². The van der Waals surface area contributed by atoms with Gasteiger partial charge in [-0.15, -0.1) is 0 Å². The van der Waals surface area contributed by atoms with E-state index in [-0.39, 0.29) is 5.06 Å². The molecule has 0 aromatic carbocycles. The summed E-state index contributed by atoms with van der Waals surface area (Å²) in [6, 6.07) is 0. The van der Waals surface area contributed by atoms with E-state index in [9.17, 15) is 10.0 Å². The van der Waals surface area contributed by atoms with Gasteiger partial charge in [-0.25, -0.2) is 0 Å². The van der Waals surface area contributed by atoms with E-state index in [0.717, 1.165) is 0 Å². The van der Waals surface area contributed by atoms with Crippen LogP contribution in [0.1, 0.15) is 13.8 Å². The average molecular weight is 117 g/mol. The molecule has 0 bridgehead atoms. The summed E-state index contributed by atoms with van der Waals surface area (Å²) < 4.78 is 0. The molecule has 0 aromatic heterocycles. The largest absolute Gasteiger partial charge is 0.634 e. The molecule has 3 heteroatoms. The number of hydroxylamine groups is 2. The molecule has 0 spiro atoms. The highest BCUT2D eigenvalue weighted by molar-refractivity contribution is 5.60. The molecule has 0 rings (SSSR count). The number of likely N-dealkylation sites (N-methyl/N-ethyl adjacent to an activating group) is 1. The molecular formula is C5H11NO2. The van der Waals surface area contributed by atoms with Gasteiger partial charge in [-0.3, -0.25) is 4.79 Å². The molecule has 1 unspecified atom stereocenters. The summed E-state index contributed by atoms with van der Waals surface area (Å²) in [6.07, 6.45) is 0.662. The minimum atomic E-state index is -0.778. The van der Waals surface area contributed by atoms with Gasteiger partial charge in [0.2, 0.25) is 0 Å². The molecule has 3 nitrogen and oxygen atoms in total. The summed E-state index contributed by atoms with van der Waals surface area (Å²) in [7, 11) is 1.41. The standard InChI is InChI=1S/C5H11NO2/c1-5(2,4-7)6(3)8/h4,6H,1-3H3. The summed E-state index contributed by atoms with van der Waals surface area (Å²) in [5.74, 6) is 0. The second-order valence-corrected chi connectivity index (χ2v) is 2.40. The zero-order valence-electron chi connectivity index (χ0n) is 5.39. The van der Waals surface area contributed by atoms with Crippen LogP contribution in [0.15, 0.2) is 0 Å². The maximum absolute atomic E-state index is 10.5. The van der Waals surface area contributed by atoms with Crippen molar-refractivity contribution in [1.82, 2.24) is 0 Å². The highest BCUT2D eigenvalue weighted by Gasteiger charge is 2.19. The van der Waals surface area contributed by atoms with Crippen molar-refractivity contribution in [3.63, 3.8) is 0 Å². The van der Waals surface area contributed by atoms with Gasteiger partial charge in [0.15, 0.2) is 6.29 Å². The van der Waals surface area contributed by atoms with Gasteiger partial charge in [-0.05, 0) is 13.8 Å². The molecule has 1 N–H and O–H groups in total. The van der Waals surface area contributed by atoms with Crippen molar-refractivity contribution in [1.29, 1.82) is 0 Å². The van der Waals surface area contributed by atoms with Gasteiger partial charge < -0.3 is 10.3 Å². The normalized spacial score (nSPS) is 15.5. The lowest BCUT2D eigenvalue weighted by molar-refractivity contribution is -0.867. The number of rotatable bonds is 2. The first-order chi connectivity index (χ1) is 3.50. The monoisotopic (exact) mass is 117 g/mol. The maximum Gasteiger partial charge on any atom is 0.179 e. The van der Waals surface area contributed by atoms with Crippen LogP contribution in [0.25, 0.3) is 0 Å². The second-order valence-electron chi connectivity index (χ2n) is 2.40. The van der Waals surface area contributed by atoms with E-state index < -0.39 is 5.54 Å². The van der Waals surface area contributed by atoms with E-state index in [0.29, 0.717) is 6.29 Å². The fraction of sp³-hybridized carbons (Fsp3) is 0.800. The first-order valence-electron chi connectivity index (χ1n) is 2.48. The fourth-order valence-electron chi connectivity index (χ4n) is 0.0830. The third-order valence-corrected chi connectivity index (χ3v) is 1.20. The number of hydrogen-bond donors (Lipinski definition) is 1. The van der Waals surface area contributed by atoms with E-state index >= 15 is 0 Å². The molecule has 1 atom stereocenters. The predicted octanol–water partition coefficient (Wildman–Crippen LogP) is -1.02. The van der Waals surface area contributed by atoms with Crippen LogP contribution in [0.2, 0.25) is 0 Å². The van der Waals surface area contributed by atoms with Crippen molar-refractivity contribution in [2.45, 2.75) is 19.4 Å². The summed E-state index contributed by atoms with van der Waals surface area (Å²) in [4.78, 5) is 10.0. The van der Waals surface area contributed by atoms with Crippen LogP contribution in [-0.2, 0) is 4.79 Å². The molecule has 8 heavy (non-hydrogen) atoms. The Morgan fingerprint density at radius 2 is 2.00 bits per heavy atom. The topological polar surface area (TPSA) is 44.6 Å². The van der Waals surface area contributed by atoms with E-state index in [4.69, 9.17) is 0 Å². The van der Waals surface area contributed by atoms with E-state index in [1.807, 2.05) is 0 Å². The minimum absolute atomic E-state index is 0.0903. The Balaban J connectivity index is 3.90. The molecular weight excluding hydrogens is 106 g/mol. The van der Waals surface area contributed by atoms with Gasteiger partial charge in [0, 0.05) is 0 Å². The highest BCUT2D eigenvalue weighted by Crippen LogP contribution is 1.86. The van der Waals surface area contributed by atoms with Crippen LogP contribution in [0.4, 0.5) is 0 Å². The number of aldehydes is 1. The molecule has 48 valence electrons. The van der Waals surface area contributed by atoms with Crippen molar-refractivity contribution in [2.24, 2.45) is 0 Å². The summed E-state index contributed by atoms with van der Waals surface area (Å²) in [5.41, 5.74) is -0.778. The number of quaternary nitrogens is 1. The average Bonchev–Trinajstić information content (AvgIpc) is 1.67. The molecule has 0 aliphatic carbocycles. The zero-order chi connectivity index (χ0) is 6.78. The van der Waals surface area contributed by atoms with Crippen molar-refractivity contribution in [3.8, 4) is 0 Å². The number of carbonyl (C=O) groups is 1. The molecule has 0 fully saturated rings. The molecule has 0 heterocycles. The van der Waals surface area contributed by atoms with Gasteiger partial charge in [-0.2, -0.15) is 0 Å². The Hall–Kier alpha value is -0.410. The van der Waals surface area contributed by atoms with Gasteiger partial charge in [-0.1, -0.05) is 0 Å². The third kappa shape index (κ3) is 1.60. The molecule has 0 aliphatic heterocycles. The van der Waals surface area contributed by atoms with Crippen LogP contribution in [-0.4, -0.2) is 18.9 Å². The number of carbonyl (C=O) groups excluding carboxylic acids is 1. The zero-order valence-corrected chi connectivity index (χ0v) is 5.39. The van der Waals surface area contributed by atoms with Crippen molar-refractivity contribution < 1.29 is 9.86 Å². The minimum Gasteiger partial charge on any atom is -0.634 e. The Morgan fingerprint density at radius 1 is 1.62 bits per heavy atom. The molecule has 0 aliphatic rings. The van der Waals surface area contributed by atoms with Gasteiger partial charge in [0.05, 0.1) is 7.05 Å². The van der Waals surface area contributed by atoms with E-state index in [1.165, 1.54) is 7.05 Å². The molecule has 0 radical (unpaired) electrons.